The van der Waals surface area contributed by atoms with Crippen molar-refractivity contribution in [1.29, 1.82) is 0 Å². The zero-order valence-corrected chi connectivity index (χ0v) is 19.6. The summed E-state index contributed by atoms with van der Waals surface area (Å²) in [7, 11) is -2.48. The molecule has 8 heteroatoms. The first-order chi connectivity index (χ1) is 15.7. The number of nitrogens with zero attached hydrogens (tertiary/aromatic N) is 1. The number of sulfone groups is 1. The highest BCUT2D eigenvalue weighted by Gasteiger charge is 2.41. The van der Waals surface area contributed by atoms with Crippen molar-refractivity contribution in [3.63, 3.8) is 0 Å². The third-order valence-electron chi connectivity index (χ3n) is 4.99. The molecule has 3 rings (SSSR count). The maximum Gasteiger partial charge on any atom is 0.335 e. The van der Waals surface area contributed by atoms with Gasteiger partial charge in [-0.2, -0.15) is 0 Å². The lowest BCUT2D eigenvalue weighted by molar-refractivity contribution is -0.162. The van der Waals surface area contributed by atoms with Crippen LogP contribution in [0.15, 0.2) is 84.0 Å². The molecule has 33 heavy (non-hydrogen) atoms. The van der Waals surface area contributed by atoms with Crippen molar-refractivity contribution in [3.8, 4) is 11.5 Å². The molecule has 0 fully saturated rings. The van der Waals surface area contributed by atoms with Gasteiger partial charge in [-0.1, -0.05) is 38.1 Å². The van der Waals surface area contributed by atoms with Gasteiger partial charge in [-0.05, 0) is 48.0 Å². The Morgan fingerprint density at radius 3 is 2.24 bits per heavy atom. The highest BCUT2D eigenvalue weighted by atomic mass is 32.2. The fourth-order valence-electron chi connectivity index (χ4n) is 3.37. The van der Waals surface area contributed by atoms with Crippen LogP contribution in [0.2, 0.25) is 0 Å². The van der Waals surface area contributed by atoms with Gasteiger partial charge in [0.15, 0.2) is 15.9 Å². The van der Waals surface area contributed by atoms with Crippen LogP contribution in [-0.2, 0) is 30.7 Å². The summed E-state index contributed by atoms with van der Waals surface area (Å²) >= 11 is 0. The van der Waals surface area contributed by atoms with Crippen molar-refractivity contribution >= 4 is 15.8 Å². The normalized spacial score (nSPS) is 12.7. The smallest absolute Gasteiger partial charge is 0.335 e. The summed E-state index contributed by atoms with van der Waals surface area (Å²) in [5, 5.41) is 0. The number of para-hydroxylation sites is 1. The fourth-order valence-corrected chi connectivity index (χ4v) is 5.22. The van der Waals surface area contributed by atoms with E-state index >= 15 is 0 Å². The van der Waals surface area contributed by atoms with Crippen LogP contribution in [0.1, 0.15) is 19.4 Å². The number of benzene rings is 2. The van der Waals surface area contributed by atoms with Crippen LogP contribution in [0.4, 0.5) is 0 Å². The number of hydrogen-bond acceptors (Lipinski definition) is 7. The van der Waals surface area contributed by atoms with Gasteiger partial charge >= 0.3 is 5.97 Å². The Morgan fingerprint density at radius 1 is 0.970 bits per heavy atom. The summed E-state index contributed by atoms with van der Waals surface area (Å²) in [6.45, 7) is 3.44. The average molecular weight is 470 g/mol. The summed E-state index contributed by atoms with van der Waals surface area (Å²) in [6.07, 6.45) is 2.17. The summed E-state index contributed by atoms with van der Waals surface area (Å²) in [4.78, 5) is 16.6. The van der Waals surface area contributed by atoms with Gasteiger partial charge in [0.1, 0.15) is 11.5 Å². The average Bonchev–Trinajstić information content (AvgIpc) is 2.80. The maximum atomic E-state index is 13.1. The van der Waals surface area contributed by atoms with E-state index in [1.165, 1.54) is 19.2 Å². The summed E-state index contributed by atoms with van der Waals surface area (Å²) in [5.41, 5.74) is -0.299. The predicted octanol–water partition coefficient (Wildman–Crippen LogP) is 4.43. The Hall–Kier alpha value is -3.23. The van der Waals surface area contributed by atoms with E-state index in [0.717, 1.165) is 5.56 Å². The summed E-state index contributed by atoms with van der Waals surface area (Å²) < 4.78 is 42.7. The third-order valence-corrected chi connectivity index (χ3v) is 7.10. The zero-order chi connectivity index (χ0) is 23.9. The van der Waals surface area contributed by atoms with E-state index in [-0.39, 0.29) is 17.3 Å². The lowest BCUT2D eigenvalue weighted by Crippen LogP contribution is -2.44. The van der Waals surface area contributed by atoms with Gasteiger partial charge in [0, 0.05) is 17.8 Å². The Bertz CT molecular complexity index is 1150. The molecule has 0 aliphatic carbocycles. The molecular weight excluding hydrogens is 442 g/mol. The zero-order valence-electron chi connectivity index (χ0n) is 18.8. The molecule has 0 aliphatic heterocycles. The van der Waals surface area contributed by atoms with E-state index in [2.05, 4.69) is 4.98 Å². The highest BCUT2D eigenvalue weighted by molar-refractivity contribution is 7.91. The Labute approximate surface area is 194 Å². The Kier molecular flexibility index (Phi) is 7.84. The van der Waals surface area contributed by atoms with E-state index in [1.807, 2.05) is 36.4 Å². The minimum Gasteiger partial charge on any atom is -0.467 e. The number of carbonyl (C=O) groups is 1. The predicted molar refractivity (Wildman–Crippen MR) is 124 cm³/mol. The van der Waals surface area contributed by atoms with Gasteiger partial charge in [0.05, 0.1) is 24.4 Å². The van der Waals surface area contributed by atoms with E-state index in [0.29, 0.717) is 11.5 Å². The highest BCUT2D eigenvalue weighted by Crippen LogP contribution is 2.31. The molecule has 0 radical (unpaired) electrons. The van der Waals surface area contributed by atoms with Crippen molar-refractivity contribution < 1.29 is 27.4 Å². The molecular formula is C25H27NO6S. The summed E-state index contributed by atoms with van der Waals surface area (Å²) in [6, 6.07) is 19.0. The van der Waals surface area contributed by atoms with Crippen molar-refractivity contribution in [2.24, 2.45) is 5.41 Å². The number of methoxy groups -OCH3 is 1. The van der Waals surface area contributed by atoms with Crippen molar-refractivity contribution in [2.45, 2.75) is 31.5 Å². The van der Waals surface area contributed by atoms with Crippen molar-refractivity contribution in [2.75, 3.05) is 12.9 Å². The number of ether oxygens (including phenoxy) is 3. The topological polar surface area (TPSA) is 91.8 Å². The largest absolute Gasteiger partial charge is 0.467 e. The maximum absolute atomic E-state index is 13.1. The monoisotopic (exact) mass is 469 g/mol. The number of aromatic nitrogens is 1. The van der Waals surface area contributed by atoms with Gasteiger partial charge in [-0.25, -0.2) is 13.2 Å². The number of carbonyl (C=O) groups excluding carboxylic acids is 1. The molecule has 0 bridgehead atoms. The molecule has 0 aliphatic rings. The minimum atomic E-state index is -3.73. The Balaban J connectivity index is 1.74. The molecule has 3 aromatic rings. The lowest BCUT2D eigenvalue weighted by atomic mass is 9.88. The second-order valence-corrected chi connectivity index (χ2v) is 10.2. The van der Waals surface area contributed by atoms with E-state index in [4.69, 9.17) is 14.2 Å². The molecule has 0 N–H and O–H groups in total. The van der Waals surface area contributed by atoms with Crippen LogP contribution >= 0.6 is 0 Å². The molecule has 7 nitrogen and oxygen atoms in total. The molecule has 1 heterocycles. The second-order valence-electron chi connectivity index (χ2n) is 8.21. The number of pyridine rings is 1. The molecule has 0 spiro atoms. The Morgan fingerprint density at radius 2 is 1.64 bits per heavy atom. The minimum absolute atomic E-state index is 0.0998. The van der Waals surface area contributed by atoms with E-state index < -0.39 is 27.3 Å². The van der Waals surface area contributed by atoms with Crippen LogP contribution in [0.25, 0.3) is 0 Å². The van der Waals surface area contributed by atoms with E-state index in [9.17, 15) is 13.2 Å². The third kappa shape index (κ3) is 6.63. The van der Waals surface area contributed by atoms with Gasteiger partial charge in [0.25, 0.3) is 0 Å². The van der Waals surface area contributed by atoms with Gasteiger partial charge in [0.2, 0.25) is 0 Å². The number of hydrogen-bond donors (Lipinski definition) is 0. The molecule has 1 aromatic heterocycles. The van der Waals surface area contributed by atoms with Gasteiger partial charge in [-0.15, -0.1) is 0 Å². The van der Waals surface area contributed by atoms with Crippen LogP contribution in [0, 0.1) is 5.41 Å². The fraction of sp³-hybridized carbons (Fsp3) is 0.280. The molecule has 2 aromatic carbocycles. The van der Waals surface area contributed by atoms with Crippen LogP contribution < -0.4 is 4.74 Å². The van der Waals surface area contributed by atoms with Crippen LogP contribution in [-0.4, -0.2) is 38.3 Å². The molecule has 1 unspecified atom stereocenters. The molecule has 0 saturated heterocycles. The first-order valence-electron chi connectivity index (χ1n) is 10.4. The molecule has 1 atom stereocenters. The van der Waals surface area contributed by atoms with Crippen LogP contribution in [0.3, 0.4) is 0 Å². The van der Waals surface area contributed by atoms with E-state index in [1.54, 1.807) is 44.4 Å². The molecule has 174 valence electrons. The SMILES string of the molecule is COC(=O)C(OCc1cccnc1)C(C)(C)CS(=O)(=O)c1ccc(Oc2ccccc2)cc1. The molecule has 0 saturated carbocycles. The van der Waals surface area contributed by atoms with Crippen molar-refractivity contribution in [1.82, 2.24) is 4.98 Å². The van der Waals surface area contributed by atoms with Crippen LogP contribution in [0.5, 0.6) is 11.5 Å². The quantitative estimate of drug-likeness (QED) is 0.406. The molecule has 0 amide bonds. The van der Waals surface area contributed by atoms with Gasteiger partial charge in [-0.3, -0.25) is 4.98 Å². The summed E-state index contributed by atoms with van der Waals surface area (Å²) in [5.74, 6) is 0.226. The number of esters is 1. The lowest BCUT2D eigenvalue weighted by Gasteiger charge is -2.32. The number of rotatable bonds is 10. The van der Waals surface area contributed by atoms with Crippen molar-refractivity contribution in [3.05, 3.63) is 84.7 Å². The first kappa shape index (κ1) is 24.4. The standard InChI is InChI=1S/C25H27NO6S/c1-25(2,23(24(27)30-3)31-17-19-8-7-15-26-16-19)18-33(28,29)22-13-11-21(12-14-22)32-20-9-5-4-6-10-20/h4-16,23H,17-18H2,1-3H3. The second kappa shape index (κ2) is 10.6. The van der Waals surface area contributed by atoms with Gasteiger partial charge < -0.3 is 14.2 Å². The first-order valence-corrected chi connectivity index (χ1v) is 12.0.